The van der Waals surface area contributed by atoms with Crippen LogP contribution < -0.4 is 10.2 Å². The summed E-state index contributed by atoms with van der Waals surface area (Å²) in [6.07, 6.45) is -1.33. The van der Waals surface area contributed by atoms with E-state index in [4.69, 9.17) is 11.6 Å². The molecule has 118 valence electrons. The topological polar surface area (TPSA) is 15.3 Å². The number of para-hydroxylation sites is 1. The van der Waals surface area contributed by atoms with Crippen LogP contribution in [0.1, 0.15) is 31.7 Å². The van der Waals surface area contributed by atoms with Crippen LogP contribution in [0.15, 0.2) is 18.2 Å². The first kappa shape index (κ1) is 16.4. The second kappa shape index (κ2) is 6.88. The third-order valence-corrected chi connectivity index (χ3v) is 3.71. The van der Waals surface area contributed by atoms with E-state index in [0.717, 1.165) is 18.4 Å². The van der Waals surface area contributed by atoms with Gasteiger partial charge in [0.15, 0.2) is 0 Å². The molecule has 2 rings (SSSR count). The molecule has 1 fully saturated rings. The smallest absolute Gasteiger partial charge is 0.361 e. The van der Waals surface area contributed by atoms with Crippen molar-refractivity contribution < 1.29 is 13.2 Å². The maximum absolute atomic E-state index is 12.8. The van der Waals surface area contributed by atoms with Gasteiger partial charge in [-0.25, -0.2) is 0 Å². The van der Waals surface area contributed by atoms with Gasteiger partial charge in [0.1, 0.15) is 6.54 Å². The van der Waals surface area contributed by atoms with Crippen molar-refractivity contribution in [1.29, 1.82) is 0 Å². The average molecular weight is 321 g/mol. The van der Waals surface area contributed by atoms with Gasteiger partial charge in [-0.3, -0.25) is 0 Å². The Labute approximate surface area is 128 Å². The standard InChI is InChI=1S/C15H20ClF3N2/c1-2-8-21(10-15(17,18)19)14-11(4-3-5-13(14)16)9-20-12-6-7-12/h3-5,12,20H,2,6-10H2,1H3. The fourth-order valence-corrected chi connectivity index (χ4v) is 2.67. The molecular weight excluding hydrogens is 301 g/mol. The Hall–Kier alpha value is -0.940. The first-order chi connectivity index (χ1) is 9.90. The summed E-state index contributed by atoms with van der Waals surface area (Å²) >= 11 is 6.18. The van der Waals surface area contributed by atoms with Crippen LogP contribution in [0.5, 0.6) is 0 Å². The highest BCUT2D eigenvalue weighted by molar-refractivity contribution is 6.33. The summed E-state index contributed by atoms with van der Waals surface area (Å²) in [5.41, 5.74) is 1.33. The largest absolute Gasteiger partial charge is 0.405 e. The summed E-state index contributed by atoms with van der Waals surface area (Å²) in [5.74, 6) is 0. The molecule has 1 aromatic carbocycles. The second-order valence-corrected chi connectivity index (χ2v) is 5.85. The lowest BCUT2D eigenvalue weighted by molar-refractivity contribution is -0.119. The van der Waals surface area contributed by atoms with Crippen LogP contribution in [0.4, 0.5) is 18.9 Å². The first-order valence-electron chi connectivity index (χ1n) is 7.23. The van der Waals surface area contributed by atoms with Crippen molar-refractivity contribution >= 4 is 17.3 Å². The fraction of sp³-hybridized carbons (Fsp3) is 0.600. The lowest BCUT2D eigenvalue weighted by Gasteiger charge is -2.28. The SMILES string of the molecule is CCCN(CC(F)(F)F)c1c(Cl)cccc1CNC1CC1. The van der Waals surface area contributed by atoms with Crippen molar-refractivity contribution in [3.05, 3.63) is 28.8 Å². The van der Waals surface area contributed by atoms with E-state index in [1.807, 2.05) is 13.0 Å². The Morgan fingerprint density at radius 2 is 2.05 bits per heavy atom. The van der Waals surface area contributed by atoms with Crippen molar-refractivity contribution in [3.63, 3.8) is 0 Å². The van der Waals surface area contributed by atoms with Gasteiger partial charge in [-0.1, -0.05) is 30.7 Å². The summed E-state index contributed by atoms with van der Waals surface area (Å²) in [5, 5.41) is 3.71. The molecular formula is C15H20ClF3N2. The minimum Gasteiger partial charge on any atom is -0.361 e. The van der Waals surface area contributed by atoms with Crippen LogP contribution in [0.3, 0.4) is 0 Å². The Morgan fingerprint density at radius 3 is 2.62 bits per heavy atom. The van der Waals surface area contributed by atoms with Crippen molar-refractivity contribution in [2.75, 3.05) is 18.0 Å². The molecule has 0 atom stereocenters. The van der Waals surface area contributed by atoms with Crippen LogP contribution in [0, 0.1) is 0 Å². The zero-order chi connectivity index (χ0) is 15.5. The molecule has 2 nitrogen and oxygen atoms in total. The van der Waals surface area contributed by atoms with Crippen LogP contribution in [-0.2, 0) is 6.54 Å². The zero-order valence-corrected chi connectivity index (χ0v) is 12.8. The van der Waals surface area contributed by atoms with Crippen LogP contribution in [0.2, 0.25) is 5.02 Å². The van der Waals surface area contributed by atoms with E-state index < -0.39 is 12.7 Å². The van der Waals surface area contributed by atoms with E-state index in [0.29, 0.717) is 36.3 Å². The zero-order valence-electron chi connectivity index (χ0n) is 12.0. The number of halogens is 4. The quantitative estimate of drug-likeness (QED) is 0.802. The van der Waals surface area contributed by atoms with Gasteiger partial charge in [-0.15, -0.1) is 0 Å². The molecule has 0 radical (unpaired) electrons. The molecule has 0 saturated heterocycles. The number of hydrogen-bond acceptors (Lipinski definition) is 2. The molecule has 0 aliphatic heterocycles. The van der Waals surface area contributed by atoms with Gasteiger partial charge in [0.2, 0.25) is 0 Å². The molecule has 1 saturated carbocycles. The normalized spacial score (nSPS) is 15.3. The molecule has 0 spiro atoms. The van der Waals surface area contributed by atoms with Crippen LogP contribution in [0.25, 0.3) is 0 Å². The lowest BCUT2D eigenvalue weighted by Crippen LogP contribution is -2.36. The number of rotatable bonds is 7. The minimum absolute atomic E-state index is 0.333. The van der Waals surface area contributed by atoms with E-state index in [1.165, 1.54) is 4.90 Å². The summed E-state index contributed by atoms with van der Waals surface area (Å²) in [6, 6.07) is 5.78. The highest BCUT2D eigenvalue weighted by Crippen LogP contribution is 2.33. The van der Waals surface area contributed by atoms with Gasteiger partial charge in [-0.05, 0) is 30.9 Å². The van der Waals surface area contributed by atoms with E-state index in [2.05, 4.69) is 5.32 Å². The molecule has 0 bridgehead atoms. The Kier molecular flexibility index (Phi) is 5.38. The van der Waals surface area contributed by atoms with E-state index >= 15 is 0 Å². The maximum atomic E-state index is 12.8. The van der Waals surface area contributed by atoms with Crippen LogP contribution >= 0.6 is 11.6 Å². The third kappa shape index (κ3) is 5.08. The van der Waals surface area contributed by atoms with E-state index in [1.54, 1.807) is 12.1 Å². The van der Waals surface area contributed by atoms with Gasteiger partial charge >= 0.3 is 6.18 Å². The highest BCUT2D eigenvalue weighted by atomic mass is 35.5. The third-order valence-electron chi connectivity index (χ3n) is 3.41. The van der Waals surface area contributed by atoms with Crippen molar-refractivity contribution in [2.45, 2.75) is 44.9 Å². The summed E-state index contributed by atoms with van der Waals surface area (Å²) in [4.78, 5) is 1.34. The maximum Gasteiger partial charge on any atom is 0.405 e. The number of nitrogens with zero attached hydrogens (tertiary/aromatic N) is 1. The molecule has 1 N–H and O–H groups in total. The average Bonchev–Trinajstić information content (AvgIpc) is 3.18. The van der Waals surface area contributed by atoms with Crippen molar-refractivity contribution in [2.24, 2.45) is 0 Å². The predicted molar refractivity (Wildman–Crippen MR) is 79.9 cm³/mol. The molecule has 1 aliphatic carbocycles. The molecule has 0 amide bonds. The Balaban J connectivity index is 2.23. The van der Waals surface area contributed by atoms with Crippen molar-refractivity contribution in [1.82, 2.24) is 5.32 Å². The molecule has 0 unspecified atom stereocenters. The second-order valence-electron chi connectivity index (χ2n) is 5.44. The van der Waals surface area contributed by atoms with Gasteiger partial charge in [-0.2, -0.15) is 13.2 Å². The van der Waals surface area contributed by atoms with Gasteiger partial charge < -0.3 is 10.2 Å². The van der Waals surface area contributed by atoms with Crippen molar-refractivity contribution in [3.8, 4) is 0 Å². The van der Waals surface area contributed by atoms with Gasteiger partial charge in [0, 0.05) is 19.1 Å². The minimum atomic E-state index is -4.24. The molecule has 0 aromatic heterocycles. The van der Waals surface area contributed by atoms with Gasteiger partial charge in [0.05, 0.1) is 10.7 Å². The number of nitrogens with one attached hydrogen (secondary N) is 1. The van der Waals surface area contributed by atoms with Gasteiger partial charge in [0.25, 0.3) is 0 Å². The first-order valence-corrected chi connectivity index (χ1v) is 7.61. The molecule has 21 heavy (non-hydrogen) atoms. The molecule has 6 heteroatoms. The number of benzene rings is 1. The number of alkyl halides is 3. The highest BCUT2D eigenvalue weighted by Gasteiger charge is 2.32. The fourth-order valence-electron chi connectivity index (χ4n) is 2.35. The van der Waals surface area contributed by atoms with Crippen LogP contribution in [-0.4, -0.2) is 25.3 Å². The molecule has 0 heterocycles. The monoisotopic (exact) mass is 320 g/mol. The Morgan fingerprint density at radius 1 is 1.33 bits per heavy atom. The van der Waals surface area contributed by atoms with E-state index in [9.17, 15) is 13.2 Å². The number of hydrogen-bond donors (Lipinski definition) is 1. The molecule has 1 aliphatic rings. The predicted octanol–water partition coefficient (Wildman–Crippen LogP) is 4.37. The lowest BCUT2D eigenvalue weighted by atomic mass is 10.1. The Bertz CT molecular complexity index is 472. The number of anilines is 1. The summed E-state index contributed by atoms with van der Waals surface area (Å²) in [6.45, 7) is 1.78. The summed E-state index contributed by atoms with van der Waals surface area (Å²) < 4.78 is 38.4. The summed E-state index contributed by atoms with van der Waals surface area (Å²) in [7, 11) is 0. The van der Waals surface area contributed by atoms with E-state index in [-0.39, 0.29) is 0 Å². The molecule has 1 aromatic rings.